The summed E-state index contributed by atoms with van der Waals surface area (Å²) in [5.41, 5.74) is 2.92. The van der Waals surface area contributed by atoms with Crippen molar-refractivity contribution in [1.29, 1.82) is 0 Å². The lowest BCUT2D eigenvalue weighted by Gasteiger charge is -2.45. The first-order chi connectivity index (χ1) is 9.43. The maximum atomic E-state index is 5.96. The summed E-state index contributed by atoms with van der Waals surface area (Å²) < 4.78 is 5.96. The minimum Gasteiger partial charge on any atom is -0.405 e. The van der Waals surface area contributed by atoms with E-state index in [4.69, 9.17) is 4.43 Å². The van der Waals surface area contributed by atoms with Gasteiger partial charge in [0, 0.05) is 0 Å². The van der Waals surface area contributed by atoms with Crippen molar-refractivity contribution in [2.75, 3.05) is 0 Å². The molecule has 1 atom stereocenters. The average molecular weight is 281 g/mol. The summed E-state index contributed by atoms with van der Waals surface area (Å²) in [6.07, 6.45) is 0. The molecule has 0 saturated carbocycles. The van der Waals surface area contributed by atoms with Gasteiger partial charge in [-0.1, -0.05) is 75.4 Å². The summed E-state index contributed by atoms with van der Waals surface area (Å²) in [5.74, 6) is 0. The zero-order valence-electron chi connectivity index (χ0n) is 12.6. The monoisotopic (exact) mass is 281 g/mol. The van der Waals surface area contributed by atoms with Crippen LogP contribution in [0.4, 0.5) is 0 Å². The van der Waals surface area contributed by atoms with E-state index in [1.54, 1.807) is 0 Å². The highest BCUT2D eigenvalue weighted by molar-refractivity contribution is 5.98. The van der Waals surface area contributed by atoms with Crippen LogP contribution in [0.15, 0.2) is 54.6 Å². The lowest BCUT2D eigenvalue weighted by atomic mass is 9.67. The van der Waals surface area contributed by atoms with E-state index in [9.17, 15) is 0 Å². The number of hydrogen-bond acceptors (Lipinski definition) is 1. The molecule has 2 aromatic rings. The highest BCUT2D eigenvalue weighted by Crippen LogP contribution is 2.48. The highest BCUT2D eigenvalue weighted by Gasteiger charge is 2.45. The molecule has 2 rings (SSSR count). The average Bonchev–Trinajstić information content (AvgIpc) is 2.42. The maximum Gasteiger partial charge on any atom is 0.248 e. The standard InChI is InChI=1S/C18H21OSi/c1-14-10-8-9-13-16(14)18(19-20,17(2,3)4)15-11-6-5-7-12-15/h5-13H,1-4H3. The van der Waals surface area contributed by atoms with Gasteiger partial charge < -0.3 is 4.43 Å². The molecule has 0 bridgehead atoms. The summed E-state index contributed by atoms with van der Waals surface area (Å²) in [5, 5.41) is 0. The van der Waals surface area contributed by atoms with Crippen molar-refractivity contribution >= 4 is 10.5 Å². The minimum atomic E-state index is -0.531. The second-order valence-electron chi connectivity index (χ2n) is 6.21. The van der Waals surface area contributed by atoms with Crippen molar-refractivity contribution in [3.63, 3.8) is 0 Å². The Morgan fingerprint density at radius 1 is 0.850 bits per heavy atom. The third-order valence-corrected chi connectivity index (χ3v) is 4.22. The number of aryl methyl sites for hydroxylation is 1. The quantitative estimate of drug-likeness (QED) is 0.758. The summed E-state index contributed by atoms with van der Waals surface area (Å²) in [6.45, 7) is 8.73. The van der Waals surface area contributed by atoms with Crippen LogP contribution in [0.1, 0.15) is 37.5 Å². The molecule has 0 fully saturated rings. The first kappa shape index (κ1) is 15.0. The van der Waals surface area contributed by atoms with Crippen molar-refractivity contribution in [3.05, 3.63) is 71.3 Å². The van der Waals surface area contributed by atoms with Crippen LogP contribution in [0.3, 0.4) is 0 Å². The van der Waals surface area contributed by atoms with Gasteiger partial charge in [0.2, 0.25) is 10.5 Å². The van der Waals surface area contributed by atoms with E-state index in [0.29, 0.717) is 0 Å². The van der Waals surface area contributed by atoms with E-state index in [2.05, 4.69) is 86.7 Å². The van der Waals surface area contributed by atoms with E-state index in [1.165, 1.54) is 11.1 Å². The Labute approximate surface area is 125 Å². The molecular weight excluding hydrogens is 260 g/mol. The van der Waals surface area contributed by atoms with E-state index in [0.717, 1.165) is 5.56 Å². The van der Waals surface area contributed by atoms with Crippen molar-refractivity contribution < 1.29 is 4.43 Å². The van der Waals surface area contributed by atoms with Gasteiger partial charge >= 0.3 is 0 Å². The van der Waals surface area contributed by atoms with Gasteiger partial charge in [0.05, 0.1) is 0 Å². The molecule has 103 valence electrons. The van der Waals surface area contributed by atoms with Crippen LogP contribution >= 0.6 is 0 Å². The van der Waals surface area contributed by atoms with E-state index < -0.39 is 5.60 Å². The molecule has 1 nitrogen and oxygen atoms in total. The van der Waals surface area contributed by atoms with Crippen molar-refractivity contribution in [1.82, 2.24) is 0 Å². The van der Waals surface area contributed by atoms with Gasteiger partial charge in [0.1, 0.15) is 5.60 Å². The molecule has 20 heavy (non-hydrogen) atoms. The van der Waals surface area contributed by atoms with Gasteiger partial charge in [-0.25, -0.2) is 0 Å². The molecule has 0 aromatic heterocycles. The second-order valence-corrected chi connectivity index (χ2v) is 6.42. The van der Waals surface area contributed by atoms with Crippen LogP contribution in [-0.2, 0) is 10.0 Å². The van der Waals surface area contributed by atoms with Gasteiger partial charge in [-0.15, -0.1) is 0 Å². The van der Waals surface area contributed by atoms with Crippen molar-refractivity contribution in [2.24, 2.45) is 5.41 Å². The largest absolute Gasteiger partial charge is 0.405 e. The fraction of sp³-hybridized carbons (Fsp3) is 0.333. The van der Waals surface area contributed by atoms with E-state index >= 15 is 0 Å². The first-order valence-corrected chi connectivity index (χ1v) is 7.30. The van der Waals surface area contributed by atoms with Gasteiger partial charge in [0.15, 0.2) is 0 Å². The Bertz CT molecular complexity index is 571. The molecule has 0 aliphatic carbocycles. The molecule has 2 heteroatoms. The fourth-order valence-electron chi connectivity index (χ4n) is 2.90. The molecule has 0 spiro atoms. The topological polar surface area (TPSA) is 9.23 Å². The first-order valence-electron chi connectivity index (χ1n) is 6.90. The smallest absolute Gasteiger partial charge is 0.248 e. The zero-order valence-corrected chi connectivity index (χ0v) is 13.6. The van der Waals surface area contributed by atoms with Crippen LogP contribution < -0.4 is 0 Å². The van der Waals surface area contributed by atoms with Gasteiger partial charge in [-0.05, 0) is 29.0 Å². The highest BCUT2D eigenvalue weighted by atomic mass is 28.2. The summed E-state index contributed by atoms with van der Waals surface area (Å²) >= 11 is 0. The Balaban J connectivity index is 2.77. The SMILES string of the molecule is Cc1ccccc1C(O[Si])(c1ccccc1)C(C)(C)C. The van der Waals surface area contributed by atoms with Crippen molar-refractivity contribution in [2.45, 2.75) is 33.3 Å². The molecular formula is C18H21OSi. The third-order valence-electron chi connectivity index (χ3n) is 3.91. The predicted octanol–water partition coefficient (Wildman–Crippen LogP) is 4.38. The second kappa shape index (κ2) is 5.55. The number of hydrogen-bond donors (Lipinski definition) is 0. The van der Waals surface area contributed by atoms with Gasteiger partial charge in [0.25, 0.3) is 0 Å². The minimum absolute atomic E-state index is 0.109. The molecule has 2 aromatic carbocycles. The van der Waals surface area contributed by atoms with Crippen molar-refractivity contribution in [3.8, 4) is 0 Å². The molecule has 3 radical (unpaired) electrons. The lowest BCUT2D eigenvalue weighted by Crippen LogP contribution is -2.44. The molecule has 0 heterocycles. The third kappa shape index (κ3) is 2.34. The van der Waals surface area contributed by atoms with Gasteiger partial charge in [-0.3, -0.25) is 0 Å². The normalized spacial score (nSPS) is 14.8. The molecule has 0 saturated heterocycles. The molecule has 0 N–H and O–H groups in total. The van der Waals surface area contributed by atoms with Gasteiger partial charge in [-0.2, -0.15) is 0 Å². The summed E-state index contributed by atoms with van der Waals surface area (Å²) in [7, 11) is 3.37. The van der Waals surface area contributed by atoms with Crippen LogP contribution in [0.2, 0.25) is 0 Å². The zero-order chi connectivity index (χ0) is 14.8. The van der Waals surface area contributed by atoms with E-state index in [-0.39, 0.29) is 5.41 Å². The Kier molecular flexibility index (Phi) is 4.16. The van der Waals surface area contributed by atoms with E-state index in [1.807, 2.05) is 6.07 Å². The predicted molar refractivity (Wildman–Crippen MR) is 84.7 cm³/mol. The van der Waals surface area contributed by atoms with Crippen LogP contribution in [0.25, 0.3) is 0 Å². The summed E-state index contributed by atoms with van der Waals surface area (Å²) in [6, 6.07) is 18.8. The van der Waals surface area contributed by atoms with Crippen LogP contribution in [0, 0.1) is 12.3 Å². The Morgan fingerprint density at radius 3 is 1.90 bits per heavy atom. The Hall–Kier alpha value is -1.38. The molecule has 0 aliphatic rings. The summed E-state index contributed by atoms with van der Waals surface area (Å²) in [4.78, 5) is 0. The van der Waals surface area contributed by atoms with Crippen LogP contribution in [-0.4, -0.2) is 10.5 Å². The molecule has 0 amide bonds. The van der Waals surface area contributed by atoms with Crippen LogP contribution in [0.5, 0.6) is 0 Å². The fourth-order valence-corrected chi connectivity index (χ4v) is 3.43. The lowest BCUT2D eigenvalue weighted by molar-refractivity contribution is 0.00622. The number of rotatable bonds is 3. The molecule has 0 aliphatic heterocycles. The Morgan fingerprint density at radius 2 is 1.40 bits per heavy atom. The molecule has 1 unspecified atom stereocenters. The maximum absolute atomic E-state index is 5.96. The number of benzene rings is 2.